The van der Waals surface area contributed by atoms with Crippen molar-refractivity contribution in [2.75, 3.05) is 13.6 Å². The van der Waals surface area contributed by atoms with Gasteiger partial charge in [0.05, 0.1) is 6.10 Å². The Morgan fingerprint density at radius 2 is 1.94 bits per heavy atom. The first-order valence-corrected chi connectivity index (χ1v) is 5.21. The van der Waals surface area contributed by atoms with Gasteiger partial charge in [0.15, 0.2) is 0 Å². The predicted molar refractivity (Wildman–Crippen MR) is 63.0 cm³/mol. The minimum absolute atomic E-state index is 0.284. The van der Waals surface area contributed by atoms with Gasteiger partial charge in [-0.25, -0.2) is 5.84 Å². The van der Waals surface area contributed by atoms with E-state index in [0.29, 0.717) is 11.1 Å². The largest absolute Gasteiger partial charge is 0.389 e. The SMILES string of the molecule is CNCC(O)C(O)c1ccc(C(=O)NN)cc1. The number of likely N-dealkylation sites (N-methyl/N-ethyl adjacent to an activating group) is 1. The highest BCUT2D eigenvalue weighted by Gasteiger charge is 2.17. The molecule has 0 heterocycles. The van der Waals surface area contributed by atoms with Crippen LogP contribution < -0.4 is 16.6 Å². The number of carbonyl (C=O) groups is 1. The van der Waals surface area contributed by atoms with Crippen molar-refractivity contribution < 1.29 is 15.0 Å². The monoisotopic (exact) mass is 239 g/mol. The molecule has 0 bridgehead atoms. The van der Waals surface area contributed by atoms with Crippen molar-refractivity contribution in [1.82, 2.24) is 10.7 Å². The molecule has 1 aromatic carbocycles. The zero-order chi connectivity index (χ0) is 12.8. The van der Waals surface area contributed by atoms with E-state index in [2.05, 4.69) is 5.32 Å². The summed E-state index contributed by atoms with van der Waals surface area (Å²) in [6.45, 7) is 0.284. The molecule has 6 heteroatoms. The van der Waals surface area contributed by atoms with Crippen LogP contribution in [0.1, 0.15) is 22.0 Å². The van der Waals surface area contributed by atoms with Gasteiger partial charge in [0, 0.05) is 12.1 Å². The lowest BCUT2D eigenvalue weighted by Crippen LogP contribution is -2.30. The maximum Gasteiger partial charge on any atom is 0.265 e. The lowest BCUT2D eigenvalue weighted by molar-refractivity contribution is 0.0202. The molecular formula is C11H17N3O3. The summed E-state index contributed by atoms with van der Waals surface area (Å²) >= 11 is 0. The quantitative estimate of drug-likeness (QED) is 0.255. The number of hydrogen-bond donors (Lipinski definition) is 5. The summed E-state index contributed by atoms with van der Waals surface area (Å²) in [6.07, 6.45) is -1.88. The van der Waals surface area contributed by atoms with E-state index >= 15 is 0 Å². The van der Waals surface area contributed by atoms with E-state index in [1.807, 2.05) is 5.43 Å². The van der Waals surface area contributed by atoms with Gasteiger partial charge in [0.25, 0.3) is 5.91 Å². The first-order chi connectivity index (χ1) is 8.10. The Balaban J connectivity index is 2.76. The van der Waals surface area contributed by atoms with E-state index in [1.54, 1.807) is 19.2 Å². The number of nitrogen functional groups attached to an aromatic ring is 1. The van der Waals surface area contributed by atoms with Gasteiger partial charge in [-0.3, -0.25) is 10.2 Å². The summed E-state index contributed by atoms with van der Waals surface area (Å²) in [4.78, 5) is 11.2. The summed E-state index contributed by atoms with van der Waals surface area (Å²) in [7, 11) is 1.69. The summed E-state index contributed by atoms with van der Waals surface area (Å²) in [6, 6.07) is 6.22. The highest BCUT2D eigenvalue weighted by molar-refractivity contribution is 5.93. The number of carbonyl (C=O) groups excluding carboxylic acids is 1. The molecule has 17 heavy (non-hydrogen) atoms. The number of hydrazine groups is 1. The number of rotatable bonds is 5. The first-order valence-electron chi connectivity index (χ1n) is 5.21. The first kappa shape index (κ1) is 13.6. The summed E-state index contributed by atoms with van der Waals surface area (Å²) in [5.41, 5.74) is 2.95. The number of aliphatic hydroxyl groups is 2. The maximum absolute atomic E-state index is 11.2. The van der Waals surface area contributed by atoms with Crippen LogP contribution in [0, 0.1) is 0 Å². The Morgan fingerprint density at radius 3 is 2.41 bits per heavy atom. The molecule has 2 atom stereocenters. The van der Waals surface area contributed by atoms with Crippen LogP contribution in [-0.2, 0) is 0 Å². The minimum Gasteiger partial charge on any atom is -0.389 e. The van der Waals surface area contributed by atoms with Crippen molar-refractivity contribution in [3.63, 3.8) is 0 Å². The van der Waals surface area contributed by atoms with Crippen molar-refractivity contribution in [2.45, 2.75) is 12.2 Å². The Kier molecular flexibility index (Phi) is 5.05. The van der Waals surface area contributed by atoms with Crippen LogP contribution in [0.5, 0.6) is 0 Å². The van der Waals surface area contributed by atoms with Crippen molar-refractivity contribution in [3.05, 3.63) is 35.4 Å². The van der Waals surface area contributed by atoms with E-state index in [1.165, 1.54) is 12.1 Å². The smallest absolute Gasteiger partial charge is 0.265 e. The van der Waals surface area contributed by atoms with Crippen LogP contribution in [0.3, 0.4) is 0 Å². The van der Waals surface area contributed by atoms with Gasteiger partial charge in [-0.15, -0.1) is 0 Å². The molecule has 0 radical (unpaired) electrons. The van der Waals surface area contributed by atoms with Crippen molar-refractivity contribution in [2.24, 2.45) is 5.84 Å². The third-order valence-electron chi connectivity index (χ3n) is 2.42. The number of benzene rings is 1. The predicted octanol–water partition coefficient (Wildman–Crippen LogP) is -1.10. The zero-order valence-electron chi connectivity index (χ0n) is 9.55. The van der Waals surface area contributed by atoms with Crippen LogP contribution >= 0.6 is 0 Å². The Hall–Kier alpha value is -1.47. The third kappa shape index (κ3) is 3.50. The molecule has 0 spiro atoms. The Labute approximate surface area is 99.4 Å². The standard InChI is InChI=1S/C11H17N3O3/c1-13-6-9(15)10(16)7-2-4-8(5-3-7)11(17)14-12/h2-5,9-10,13,15-16H,6,12H2,1H3,(H,14,17). The molecule has 0 saturated heterocycles. The summed E-state index contributed by atoms with van der Waals surface area (Å²) in [5.74, 6) is 4.59. The van der Waals surface area contributed by atoms with Gasteiger partial charge in [-0.05, 0) is 24.7 Å². The molecule has 2 unspecified atom stereocenters. The number of amides is 1. The fourth-order valence-electron chi connectivity index (χ4n) is 1.46. The molecule has 0 aliphatic rings. The van der Waals surface area contributed by atoms with Crippen LogP contribution in [0.4, 0.5) is 0 Å². The molecule has 1 aromatic rings. The molecule has 1 amide bonds. The molecule has 94 valence electrons. The van der Waals surface area contributed by atoms with Gasteiger partial charge in [0.2, 0.25) is 0 Å². The molecule has 0 fully saturated rings. The second-order valence-electron chi connectivity index (χ2n) is 3.67. The van der Waals surface area contributed by atoms with E-state index in [0.717, 1.165) is 0 Å². The van der Waals surface area contributed by atoms with Crippen LogP contribution in [-0.4, -0.2) is 35.8 Å². The zero-order valence-corrected chi connectivity index (χ0v) is 9.55. The number of hydrogen-bond acceptors (Lipinski definition) is 5. The average molecular weight is 239 g/mol. The van der Waals surface area contributed by atoms with E-state index < -0.39 is 18.1 Å². The Morgan fingerprint density at radius 1 is 1.35 bits per heavy atom. The average Bonchev–Trinajstić information content (AvgIpc) is 2.37. The molecule has 0 saturated carbocycles. The van der Waals surface area contributed by atoms with Crippen LogP contribution in [0.25, 0.3) is 0 Å². The number of nitrogens with one attached hydrogen (secondary N) is 2. The van der Waals surface area contributed by atoms with Crippen molar-refractivity contribution >= 4 is 5.91 Å². The van der Waals surface area contributed by atoms with Gasteiger partial charge in [-0.1, -0.05) is 12.1 Å². The third-order valence-corrected chi connectivity index (χ3v) is 2.42. The van der Waals surface area contributed by atoms with Crippen LogP contribution in [0.15, 0.2) is 24.3 Å². The van der Waals surface area contributed by atoms with Crippen molar-refractivity contribution in [3.8, 4) is 0 Å². The lowest BCUT2D eigenvalue weighted by Gasteiger charge is -2.17. The minimum atomic E-state index is -0.988. The van der Waals surface area contributed by atoms with E-state index in [-0.39, 0.29) is 6.54 Å². The normalized spacial score (nSPS) is 14.1. The molecule has 0 aromatic heterocycles. The van der Waals surface area contributed by atoms with Gasteiger partial charge in [-0.2, -0.15) is 0 Å². The molecule has 0 aliphatic heterocycles. The topological polar surface area (TPSA) is 108 Å². The summed E-state index contributed by atoms with van der Waals surface area (Å²) in [5, 5.41) is 22.1. The van der Waals surface area contributed by atoms with Gasteiger partial charge >= 0.3 is 0 Å². The van der Waals surface area contributed by atoms with Crippen LogP contribution in [0.2, 0.25) is 0 Å². The second kappa shape index (κ2) is 6.31. The van der Waals surface area contributed by atoms with Gasteiger partial charge in [0.1, 0.15) is 6.10 Å². The highest BCUT2D eigenvalue weighted by Crippen LogP contribution is 2.17. The molecule has 6 nitrogen and oxygen atoms in total. The second-order valence-corrected chi connectivity index (χ2v) is 3.67. The van der Waals surface area contributed by atoms with E-state index in [4.69, 9.17) is 5.84 Å². The highest BCUT2D eigenvalue weighted by atomic mass is 16.3. The fourth-order valence-corrected chi connectivity index (χ4v) is 1.46. The fraction of sp³-hybridized carbons (Fsp3) is 0.364. The molecular weight excluding hydrogens is 222 g/mol. The van der Waals surface area contributed by atoms with Gasteiger partial charge < -0.3 is 15.5 Å². The maximum atomic E-state index is 11.2. The Bertz CT molecular complexity index is 367. The molecule has 0 aliphatic carbocycles. The van der Waals surface area contributed by atoms with E-state index in [9.17, 15) is 15.0 Å². The number of nitrogens with two attached hydrogens (primary N) is 1. The number of aliphatic hydroxyl groups excluding tert-OH is 2. The molecule has 1 rings (SSSR count). The molecule has 6 N–H and O–H groups in total. The summed E-state index contributed by atoms with van der Waals surface area (Å²) < 4.78 is 0. The van der Waals surface area contributed by atoms with Crippen molar-refractivity contribution in [1.29, 1.82) is 0 Å². The lowest BCUT2D eigenvalue weighted by atomic mass is 10.0.